The highest BCUT2D eigenvalue weighted by Gasteiger charge is 2.33. The highest BCUT2D eigenvalue weighted by atomic mass is 16.4. The van der Waals surface area contributed by atoms with Crippen LogP contribution in [-0.4, -0.2) is 22.6 Å². The summed E-state index contributed by atoms with van der Waals surface area (Å²) in [5, 5.41) is 12.7. The van der Waals surface area contributed by atoms with Crippen LogP contribution in [0.3, 0.4) is 0 Å². The zero-order chi connectivity index (χ0) is 12.9. The topological polar surface area (TPSA) is 70.0 Å². The average molecular weight is 236 g/mol. The van der Waals surface area contributed by atoms with E-state index in [0.717, 1.165) is 10.6 Å². The van der Waals surface area contributed by atoms with Crippen molar-refractivity contribution in [3.05, 3.63) is 40.8 Å². The number of nitrogens with zero attached hydrogens (tertiary/aromatic N) is 2. The maximum Gasteiger partial charge on any atom is 0.325 e. The normalized spacial score (nSPS) is 13.8. The number of nitroso groups, excluding NO2 is 1. The molecule has 0 unspecified atom stereocenters. The predicted molar refractivity (Wildman–Crippen MR) is 64.2 cm³/mol. The number of carbonyl (C=O) groups is 1. The molecule has 0 aliphatic heterocycles. The maximum absolute atomic E-state index is 10.8. The average Bonchev–Trinajstić information content (AvgIpc) is 2.35. The first-order valence-corrected chi connectivity index (χ1v) is 5.43. The molecular weight excluding hydrogens is 220 g/mol. The van der Waals surface area contributed by atoms with E-state index in [2.05, 4.69) is 5.29 Å². The van der Waals surface area contributed by atoms with Crippen LogP contribution >= 0.6 is 0 Å². The third kappa shape index (κ3) is 2.81. The highest BCUT2D eigenvalue weighted by molar-refractivity contribution is 5.69. The summed E-state index contributed by atoms with van der Waals surface area (Å²) >= 11 is 0. The quantitative estimate of drug-likeness (QED) is 0.608. The summed E-state index contributed by atoms with van der Waals surface area (Å²) in [6, 6.07) is 9.31. The van der Waals surface area contributed by atoms with Crippen molar-refractivity contribution in [3.63, 3.8) is 0 Å². The fourth-order valence-electron chi connectivity index (χ4n) is 1.75. The van der Waals surface area contributed by atoms with Crippen LogP contribution in [0.4, 0.5) is 0 Å². The van der Waals surface area contributed by atoms with E-state index in [1.54, 1.807) is 0 Å². The van der Waals surface area contributed by atoms with Crippen molar-refractivity contribution < 1.29 is 9.90 Å². The first kappa shape index (κ1) is 13.2. The van der Waals surface area contributed by atoms with Gasteiger partial charge in [-0.1, -0.05) is 37.3 Å². The SMILES string of the molecule is CC[C@](C)(c1ccccc1)N(CC(=O)O)N=O. The van der Waals surface area contributed by atoms with Gasteiger partial charge in [-0.15, -0.1) is 4.91 Å². The summed E-state index contributed by atoms with van der Waals surface area (Å²) in [4.78, 5) is 21.6. The summed E-state index contributed by atoms with van der Waals surface area (Å²) < 4.78 is 0. The smallest absolute Gasteiger partial charge is 0.325 e. The monoisotopic (exact) mass is 236 g/mol. The lowest BCUT2D eigenvalue weighted by molar-refractivity contribution is -0.140. The number of hydrogen-bond acceptors (Lipinski definition) is 3. The van der Waals surface area contributed by atoms with E-state index < -0.39 is 18.1 Å². The fraction of sp³-hybridized carbons (Fsp3) is 0.417. The zero-order valence-electron chi connectivity index (χ0n) is 9.96. The van der Waals surface area contributed by atoms with Gasteiger partial charge >= 0.3 is 5.97 Å². The van der Waals surface area contributed by atoms with Crippen LogP contribution in [0.15, 0.2) is 35.6 Å². The minimum Gasteiger partial charge on any atom is -0.480 e. The van der Waals surface area contributed by atoms with Gasteiger partial charge < -0.3 is 5.11 Å². The van der Waals surface area contributed by atoms with Gasteiger partial charge in [0.2, 0.25) is 0 Å². The molecule has 0 fully saturated rings. The van der Waals surface area contributed by atoms with Crippen LogP contribution in [0, 0.1) is 4.91 Å². The van der Waals surface area contributed by atoms with Gasteiger partial charge in [0, 0.05) is 0 Å². The van der Waals surface area contributed by atoms with Crippen LogP contribution < -0.4 is 0 Å². The van der Waals surface area contributed by atoms with Gasteiger partial charge in [-0.05, 0) is 18.9 Å². The molecule has 0 aliphatic carbocycles. The Balaban J connectivity index is 3.09. The number of carboxylic acid groups (broad SMARTS) is 1. The Hall–Kier alpha value is -1.91. The molecule has 0 spiro atoms. The number of hydrogen-bond donors (Lipinski definition) is 1. The van der Waals surface area contributed by atoms with Crippen molar-refractivity contribution in [2.45, 2.75) is 25.8 Å². The standard InChI is InChI=1S/C12H16N2O3/c1-3-12(2,10-7-5-4-6-8-10)14(13-17)9-11(15)16/h4-8H,3,9H2,1-2H3,(H,15,16)/t12-/m1/s1. The first-order valence-electron chi connectivity index (χ1n) is 5.43. The van der Waals surface area contributed by atoms with Gasteiger partial charge in [-0.3, -0.25) is 4.79 Å². The predicted octanol–water partition coefficient (Wildman–Crippen LogP) is 2.38. The van der Waals surface area contributed by atoms with Crippen LogP contribution in [0.25, 0.3) is 0 Å². The fourth-order valence-corrected chi connectivity index (χ4v) is 1.75. The van der Waals surface area contributed by atoms with Crippen molar-refractivity contribution in [1.29, 1.82) is 0 Å². The van der Waals surface area contributed by atoms with E-state index in [9.17, 15) is 9.70 Å². The largest absolute Gasteiger partial charge is 0.480 e. The molecule has 17 heavy (non-hydrogen) atoms. The molecule has 1 rings (SSSR count). The van der Waals surface area contributed by atoms with Gasteiger partial charge in [0.05, 0.1) is 10.8 Å². The Morgan fingerprint density at radius 2 is 2.00 bits per heavy atom. The van der Waals surface area contributed by atoms with Gasteiger partial charge in [-0.25, -0.2) is 5.01 Å². The van der Waals surface area contributed by atoms with Crippen LogP contribution in [0.1, 0.15) is 25.8 Å². The Morgan fingerprint density at radius 1 is 1.41 bits per heavy atom. The second-order valence-electron chi connectivity index (χ2n) is 4.03. The lowest BCUT2D eigenvalue weighted by Gasteiger charge is -2.35. The molecule has 0 amide bonds. The molecule has 92 valence electrons. The molecule has 5 nitrogen and oxygen atoms in total. The van der Waals surface area contributed by atoms with Gasteiger partial charge in [0.1, 0.15) is 6.54 Å². The molecule has 5 heteroatoms. The minimum atomic E-state index is -1.07. The molecule has 1 N–H and O–H groups in total. The third-order valence-electron chi connectivity index (χ3n) is 3.04. The maximum atomic E-state index is 10.8. The third-order valence-corrected chi connectivity index (χ3v) is 3.04. The van der Waals surface area contributed by atoms with E-state index in [4.69, 9.17) is 5.11 Å². The van der Waals surface area contributed by atoms with E-state index >= 15 is 0 Å². The number of carboxylic acids is 1. The zero-order valence-corrected chi connectivity index (χ0v) is 9.96. The molecule has 0 aromatic heterocycles. The van der Waals surface area contributed by atoms with Crippen molar-refractivity contribution >= 4 is 5.97 Å². The Bertz CT molecular complexity index is 394. The lowest BCUT2D eigenvalue weighted by Crippen LogP contribution is -2.42. The number of rotatable bonds is 6. The molecule has 1 atom stereocenters. The van der Waals surface area contributed by atoms with Gasteiger partial charge in [-0.2, -0.15) is 0 Å². The summed E-state index contributed by atoms with van der Waals surface area (Å²) in [7, 11) is 0. The minimum absolute atomic E-state index is 0.400. The molecule has 0 saturated heterocycles. The molecule has 0 bridgehead atoms. The molecule has 0 radical (unpaired) electrons. The highest BCUT2D eigenvalue weighted by Crippen LogP contribution is 2.31. The van der Waals surface area contributed by atoms with E-state index in [1.165, 1.54) is 0 Å². The van der Waals surface area contributed by atoms with Crippen LogP contribution in [0.5, 0.6) is 0 Å². The molecule has 1 aromatic rings. The molecule has 1 aromatic carbocycles. The van der Waals surface area contributed by atoms with Crippen molar-refractivity contribution in [2.75, 3.05) is 6.54 Å². The number of aliphatic carboxylic acids is 1. The Labute approximate surface area is 100 Å². The Morgan fingerprint density at radius 3 is 2.41 bits per heavy atom. The van der Waals surface area contributed by atoms with E-state index in [-0.39, 0.29) is 0 Å². The van der Waals surface area contributed by atoms with Crippen molar-refractivity contribution in [2.24, 2.45) is 5.29 Å². The summed E-state index contributed by atoms with van der Waals surface area (Å²) in [5.41, 5.74) is 0.185. The molecule has 0 aliphatic rings. The summed E-state index contributed by atoms with van der Waals surface area (Å²) in [6.07, 6.45) is 0.593. The molecule has 0 saturated carbocycles. The van der Waals surface area contributed by atoms with Crippen molar-refractivity contribution in [3.8, 4) is 0 Å². The molecule has 0 heterocycles. The van der Waals surface area contributed by atoms with Crippen LogP contribution in [-0.2, 0) is 10.3 Å². The molecular formula is C12H16N2O3. The second kappa shape index (κ2) is 5.43. The van der Waals surface area contributed by atoms with Crippen LogP contribution in [0.2, 0.25) is 0 Å². The van der Waals surface area contributed by atoms with Crippen molar-refractivity contribution in [1.82, 2.24) is 5.01 Å². The van der Waals surface area contributed by atoms with E-state index in [1.807, 2.05) is 44.2 Å². The van der Waals surface area contributed by atoms with E-state index in [0.29, 0.717) is 6.42 Å². The summed E-state index contributed by atoms with van der Waals surface area (Å²) in [6.45, 7) is 3.31. The number of benzene rings is 1. The Kier molecular flexibility index (Phi) is 4.20. The van der Waals surface area contributed by atoms with Gasteiger partial charge in [0.25, 0.3) is 0 Å². The first-order chi connectivity index (χ1) is 8.04. The summed E-state index contributed by atoms with van der Waals surface area (Å²) in [5.74, 6) is -1.07. The van der Waals surface area contributed by atoms with Gasteiger partial charge in [0.15, 0.2) is 0 Å². The lowest BCUT2D eigenvalue weighted by atomic mass is 9.88. The second-order valence-corrected chi connectivity index (χ2v) is 4.03.